The van der Waals surface area contributed by atoms with Crippen molar-refractivity contribution in [1.29, 1.82) is 0 Å². The third-order valence-electron chi connectivity index (χ3n) is 2.28. The van der Waals surface area contributed by atoms with Crippen LogP contribution in [0, 0.1) is 0 Å². The van der Waals surface area contributed by atoms with Gasteiger partial charge in [-0.25, -0.2) is 4.79 Å². The van der Waals surface area contributed by atoms with Crippen molar-refractivity contribution in [3.8, 4) is 5.75 Å². The molecule has 7 heteroatoms. The first-order chi connectivity index (χ1) is 9.08. The van der Waals surface area contributed by atoms with E-state index in [0.717, 1.165) is 22.6 Å². The number of carboxylic acid groups (broad SMARTS) is 1. The number of carbonyl (C=O) groups excluding carboxylic acids is 1. The van der Waals surface area contributed by atoms with Gasteiger partial charge in [0, 0.05) is 18.5 Å². The summed E-state index contributed by atoms with van der Waals surface area (Å²) in [5.74, 6) is -1.10. The van der Waals surface area contributed by atoms with Crippen LogP contribution in [0.1, 0.15) is 21.5 Å². The first-order valence-electron chi connectivity index (χ1n) is 5.82. The highest BCUT2D eigenvalue weighted by Crippen LogP contribution is 2.29. The molecule has 0 spiro atoms. The number of aromatic carboxylic acids is 1. The van der Waals surface area contributed by atoms with E-state index >= 15 is 0 Å². The summed E-state index contributed by atoms with van der Waals surface area (Å²) in [5.41, 5.74) is 0. The van der Waals surface area contributed by atoms with Gasteiger partial charge in [0.1, 0.15) is 5.75 Å². The molecule has 0 unspecified atom stereocenters. The van der Waals surface area contributed by atoms with Crippen molar-refractivity contribution in [3.05, 3.63) is 15.8 Å². The molecule has 6 nitrogen and oxygen atoms in total. The second-order valence-corrected chi connectivity index (χ2v) is 4.83. The Bertz CT molecular complexity index is 443. The van der Waals surface area contributed by atoms with Crippen molar-refractivity contribution >= 4 is 23.2 Å². The van der Waals surface area contributed by atoms with Gasteiger partial charge in [0.2, 0.25) is 0 Å². The summed E-state index contributed by atoms with van der Waals surface area (Å²) in [7, 11) is 1.54. The molecule has 19 heavy (non-hydrogen) atoms. The summed E-state index contributed by atoms with van der Waals surface area (Å²) in [6, 6.07) is 1.66. The molecular weight excluding hydrogens is 270 g/mol. The van der Waals surface area contributed by atoms with Crippen LogP contribution in [-0.2, 0) is 16.0 Å². The summed E-state index contributed by atoms with van der Waals surface area (Å²) < 4.78 is 10.0. The lowest BCUT2D eigenvalue weighted by molar-refractivity contribution is -0.123. The van der Waals surface area contributed by atoms with Crippen molar-refractivity contribution in [3.63, 3.8) is 0 Å². The third-order valence-corrected chi connectivity index (χ3v) is 3.53. The molecule has 0 saturated heterocycles. The number of amides is 1. The number of hydrogen-bond donors (Lipinski definition) is 2. The molecule has 0 aromatic carbocycles. The van der Waals surface area contributed by atoms with Crippen molar-refractivity contribution in [1.82, 2.24) is 5.32 Å². The average molecular weight is 287 g/mol. The Morgan fingerprint density at radius 1 is 1.47 bits per heavy atom. The highest BCUT2D eigenvalue weighted by molar-refractivity contribution is 7.14. The molecule has 1 heterocycles. The van der Waals surface area contributed by atoms with Crippen LogP contribution in [0.15, 0.2) is 6.07 Å². The van der Waals surface area contributed by atoms with E-state index in [2.05, 4.69) is 5.32 Å². The molecule has 106 valence electrons. The van der Waals surface area contributed by atoms with Gasteiger partial charge in [-0.05, 0) is 12.5 Å². The normalized spacial score (nSPS) is 10.2. The van der Waals surface area contributed by atoms with E-state index in [1.54, 1.807) is 13.2 Å². The molecule has 0 aliphatic heterocycles. The predicted molar refractivity (Wildman–Crippen MR) is 71.0 cm³/mol. The van der Waals surface area contributed by atoms with E-state index in [0.29, 0.717) is 13.2 Å². The number of aryl methyl sites for hydroxylation is 1. The van der Waals surface area contributed by atoms with Gasteiger partial charge in [-0.1, -0.05) is 6.92 Å². The number of hydrogen-bond acceptors (Lipinski definition) is 5. The summed E-state index contributed by atoms with van der Waals surface area (Å²) in [6.45, 7) is 2.54. The summed E-state index contributed by atoms with van der Waals surface area (Å²) in [6.07, 6.45) is 0.730. The minimum Gasteiger partial charge on any atom is -0.482 e. The van der Waals surface area contributed by atoms with E-state index in [1.165, 1.54) is 0 Å². The molecule has 0 aliphatic carbocycles. The van der Waals surface area contributed by atoms with E-state index < -0.39 is 5.97 Å². The number of carboxylic acids is 1. The van der Waals surface area contributed by atoms with Gasteiger partial charge in [0.15, 0.2) is 11.5 Å². The fourth-order valence-corrected chi connectivity index (χ4v) is 2.22. The largest absolute Gasteiger partial charge is 0.482 e. The molecule has 0 aliphatic rings. The average Bonchev–Trinajstić information content (AvgIpc) is 2.80. The zero-order chi connectivity index (χ0) is 14.3. The van der Waals surface area contributed by atoms with Gasteiger partial charge < -0.3 is 19.9 Å². The number of carbonyl (C=O) groups is 2. The van der Waals surface area contributed by atoms with Gasteiger partial charge in [-0.15, -0.1) is 11.3 Å². The Morgan fingerprint density at radius 2 is 2.21 bits per heavy atom. The van der Waals surface area contributed by atoms with Crippen LogP contribution in [0.25, 0.3) is 0 Å². The smallest absolute Gasteiger partial charge is 0.349 e. The highest BCUT2D eigenvalue weighted by Gasteiger charge is 2.17. The number of thiophene rings is 1. The van der Waals surface area contributed by atoms with Crippen LogP contribution in [0.2, 0.25) is 0 Å². The molecule has 0 radical (unpaired) electrons. The van der Waals surface area contributed by atoms with E-state index in [-0.39, 0.29) is 23.1 Å². The lowest BCUT2D eigenvalue weighted by Gasteiger charge is -2.06. The van der Waals surface area contributed by atoms with Gasteiger partial charge in [-0.3, -0.25) is 4.79 Å². The first-order valence-corrected chi connectivity index (χ1v) is 6.64. The molecule has 1 amide bonds. The van der Waals surface area contributed by atoms with Crippen LogP contribution in [-0.4, -0.2) is 43.9 Å². The molecule has 0 atom stereocenters. The number of ether oxygens (including phenoxy) is 2. The standard InChI is InChI=1S/C12H17NO5S/c1-3-8-6-9(11(19-8)12(15)16)18-7-10(14)13-4-5-17-2/h6H,3-5,7H2,1-2H3,(H,13,14)(H,15,16). The SMILES string of the molecule is CCc1cc(OCC(=O)NCCOC)c(C(=O)O)s1. The molecule has 1 aromatic rings. The zero-order valence-electron chi connectivity index (χ0n) is 10.9. The Labute approximate surface area is 115 Å². The van der Waals surface area contributed by atoms with Crippen molar-refractivity contribution in [2.24, 2.45) is 0 Å². The summed E-state index contributed by atoms with van der Waals surface area (Å²) in [4.78, 5) is 23.5. The van der Waals surface area contributed by atoms with Gasteiger partial charge in [0.25, 0.3) is 5.91 Å². The maximum Gasteiger partial charge on any atom is 0.349 e. The molecule has 0 bridgehead atoms. The first kappa shape index (κ1) is 15.5. The van der Waals surface area contributed by atoms with Crippen LogP contribution < -0.4 is 10.1 Å². The molecule has 2 N–H and O–H groups in total. The van der Waals surface area contributed by atoms with Crippen LogP contribution in [0.5, 0.6) is 5.75 Å². The molecule has 0 fully saturated rings. The third kappa shape index (κ3) is 4.88. The maximum absolute atomic E-state index is 11.4. The lowest BCUT2D eigenvalue weighted by atomic mass is 10.3. The van der Waals surface area contributed by atoms with Gasteiger partial charge in [0.05, 0.1) is 6.61 Å². The number of methoxy groups -OCH3 is 1. The highest BCUT2D eigenvalue weighted by atomic mass is 32.1. The van der Waals surface area contributed by atoms with Gasteiger partial charge >= 0.3 is 5.97 Å². The maximum atomic E-state index is 11.4. The van der Waals surface area contributed by atoms with Crippen LogP contribution >= 0.6 is 11.3 Å². The van der Waals surface area contributed by atoms with E-state index in [4.69, 9.17) is 14.6 Å². The van der Waals surface area contributed by atoms with Crippen LogP contribution in [0.4, 0.5) is 0 Å². The lowest BCUT2D eigenvalue weighted by Crippen LogP contribution is -2.31. The summed E-state index contributed by atoms with van der Waals surface area (Å²) >= 11 is 1.16. The predicted octanol–water partition coefficient (Wildman–Crippen LogP) is 1.15. The molecule has 0 saturated carbocycles. The minimum absolute atomic E-state index is 0.126. The quantitative estimate of drug-likeness (QED) is 0.701. The van der Waals surface area contributed by atoms with Gasteiger partial charge in [-0.2, -0.15) is 0 Å². The number of nitrogens with one attached hydrogen (secondary N) is 1. The molecule has 1 aromatic heterocycles. The second kappa shape index (κ2) is 7.75. The Kier molecular flexibility index (Phi) is 6.31. The van der Waals surface area contributed by atoms with Crippen molar-refractivity contribution in [2.75, 3.05) is 26.9 Å². The van der Waals surface area contributed by atoms with E-state index in [9.17, 15) is 9.59 Å². The van der Waals surface area contributed by atoms with Crippen molar-refractivity contribution < 1.29 is 24.2 Å². The Hall–Kier alpha value is -1.60. The topological polar surface area (TPSA) is 84.9 Å². The second-order valence-electron chi connectivity index (χ2n) is 3.70. The molecule has 1 rings (SSSR count). The van der Waals surface area contributed by atoms with E-state index in [1.807, 2.05) is 6.92 Å². The Balaban J connectivity index is 2.54. The van der Waals surface area contributed by atoms with Crippen LogP contribution in [0.3, 0.4) is 0 Å². The number of rotatable bonds is 8. The fourth-order valence-electron chi connectivity index (χ4n) is 1.34. The fraction of sp³-hybridized carbons (Fsp3) is 0.500. The zero-order valence-corrected chi connectivity index (χ0v) is 11.7. The summed E-state index contributed by atoms with van der Waals surface area (Å²) in [5, 5.41) is 11.6. The van der Waals surface area contributed by atoms with Crippen molar-refractivity contribution in [2.45, 2.75) is 13.3 Å². The monoisotopic (exact) mass is 287 g/mol. The Morgan fingerprint density at radius 3 is 2.79 bits per heavy atom. The minimum atomic E-state index is -1.04. The molecular formula is C12H17NO5S.